The van der Waals surface area contributed by atoms with Gasteiger partial charge in [0.15, 0.2) is 4.80 Å². The van der Waals surface area contributed by atoms with Crippen molar-refractivity contribution in [2.24, 2.45) is 29.8 Å². The van der Waals surface area contributed by atoms with Gasteiger partial charge in [0.25, 0.3) is 11.8 Å². The topological polar surface area (TPSA) is 54.7 Å². The average Bonchev–Trinajstić information content (AvgIpc) is 3.14. The lowest BCUT2D eigenvalue weighted by Gasteiger charge is -2.54. The van der Waals surface area contributed by atoms with Crippen molar-refractivity contribution in [1.82, 2.24) is 9.47 Å². The minimum absolute atomic E-state index is 0.129. The molecule has 0 saturated heterocycles. The van der Waals surface area contributed by atoms with Crippen LogP contribution < -0.4 is 4.80 Å². The molecule has 7 rings (SSSR count). The Morgan fingerprint density at radius 2 is 1.55 bits per heavy atom. The lowest BCUT2D eigenvalue weighted by molar-refractivity contribution is -0.000382. The fourth-order valence-corrected chi connectivity index (χ4v) is 7.59. The molecule has 150 valence electrons. The first-order chi connectivity index (χ1) is 14.0. The molecule has 4 saturated carbocycles. The molecule has 1 aromatic carbocycles. The van der Waals surface area contributed by atoms with Gasteiger partial charge in [0, 0.05) is 18.1 Å². The van der Waals surface area contributed by atoms with E-state index in [0.29, 0.717) is 17.7 Å². The van der Waals surface area contributed by atoms with E-state index in [0.717, 1.165) is 28.2 Å². The number of aromatic nitrogens is 1. The molecule has 1 aliphatic heterocycles. The van der Waals surface area contributed by atoms with Crippen LogP contribution in [0.4, 0.5) is 0 Å². The standard InChI is InChI=1S/C23H25N3O2S/c1-25-17(12-26-20(27)18-4-2-3-5-19(18)21(26)28)13-29-22(25)24-23-9-14-6-15(10-23)8-16(7-14)11-23/h2-5,13-16H,6-12H2,1H3. The molecule has 0 atom stereocenters. The lowest BCUT2D eigenvalue weighted by Crippen LogP contribution is -2.50. The van der Waals surface area contributed by atoms with E-state index < -0.39 is 0 Å². The molecule has 0 N–H and O–H groups in total. The van der Waals surface area contributed by atoms with Gasteiger partial charge in [0.2, 0.25) is 0 Å². The lowest BCUT2D eigenvalue weighted by atomic mass is 9.53. The summed E-state index contributed by atoms with van der Waals surface area (Å²) in [5.74, 6) is 2.21. The van der Waals surface area contributed by atoms with Gasteiger partial charge in [-0.2, -0.15) is 0 Å². The number of hydrogen-bond acceptors (Lipinski definition) is 4. The Balaban J connectivity index is 1.30. The van der Waals surface area contributed by atoms with E-state index in [9.17, 15) is 9.59 Å². The monoisotopic (exact) mass is 407 g/mol. The van der Waals surface area contributed by atoms with E-state index in [2.05, 4.69) is 9.95 Å². The van der Waals surface area contributed by atoms with Crippen molar-refractivity contribution < 1.29 is 9.59 Å². The number of thiazole rings is 1. The van der Waals surface area contributed by atoms with Crippen LogP contribution >= 0.6 is 11.3 Å². The van der Waals surface area contributed by atoms with Gasteiger partial charge in [-0.15, -0.1) is 11.3 Å². The molecule has 5 aliphatic rings. The highest BCUT2D eigenvalue weighted by atomic mass is 32.1. The molecular formula is C23H25N3O2S. The van der Waals surface area contributed by atoms with Crippen LogP contribution in [0, 0.1) is 17.8 Å². The third-order valence-corrected chi connectivity index (χ3v) is 8.52. The Morgan fingerprint density at radius 3 is 2.10 bits per heavy atom. The van der Waals surface area contributed by atoms with Gasteiger partial charge in [0.05, 0.1) is 23.2 Å². The zero-order valence-corrected chi connectivity index (χ0v) is 17.5. The van der Waals surface area contributed by atoms with E-state index in [-0.39, 0.29) is 17.4 Å². The van der Waals surface area contributed by atoms with Crippen LogP contribution in [0.3, 0.4) is 0 Å². The molecule has 5 nitrogen and oxygen atoms in total. The fraction of sp³-hybridized carbons (Fsp3) is 0.522. The van der Waals surface area contributed by atoms with E-state index >= 15 is 0 Å². The summed E-state index contributed by atoms with van der Waals surface area (Å²) in [6.07, 6.45) is 7.96. The second-order valence-electron chi connectivity index (χ2n) is 9.56. The second kappa shape index (κ2) is 6.14. The third kappa shape index (κ3) is 2.68. The molecular weight excluding hydrogens is 382 g/mol. The van der Waals surface area contributed by atoms with Gasteiger partial charge >= 0.3 is 0 Å². The van der Waals surface area contributed by atoms with Crippen molar-refractivity contribution in [1.29, 1.82) is 0 Å². The number of rotatable bonds is 3. The van der Waals surface area contributed by atoms with Gasteiger partial charge in [-0.3, -0.25) is 19.5 Å². The summed E-state index contributed by atoms with van der Waals surface area (Å²) in [5.41, 5.74) is 2.11. The minimum atomic E-state index is -0.198. The Labute approximate surface area is 174 Å². The first-order valence-electron chi connectivity index (χ1n) is 10.7. The molecule has 4 fully saturated rings. The van der Waals surface area contributed by atoms with E-state index in [1.165, 1.54) is 43.4 Å². The van der Waals surface area contributed by atoms with Crippen LogP contribution in [0.5, 0.6) is 0 Å². The molecule has 4 aliphatic carbocycles. The third-order valence-electron chi connectivity index (χ3n) is 7.56. The second-order valence-corrected chi connectivity index (χ2v) is 10.4. The zero-order chi connectivity index (χ0) is 19.8. The maximum atomic E-state index is 12.7. The van der Waals surface area contributed by atoms with Gasteiger partial charge in [0.1, 0.15) is 0 Å². The van der Waals surface area contributed by atoms with E-state index in [4.69, 9.17) is 4.99 Å². The highest BCUT2D eigenvalue weighted by Crippen LogP contribution is 2.57. The van der Waals surface area contributed by atoms with Crippen LogP contribution in [-0.2, 0) is 13.6 Å². The van der Waals surface area contributed by atoms with Crippen molar-refractivity contribution in [2.75, 3.05) is 0 Å². The number of benzene rings is 1. The normalized spacial score (nSPS) is 33.1. The molecule has 4 bridgehead atoms. The molecule has 6 heteroatoms. The van der Waals surface area contributed by atoms with Crippen molar-refractivity contribution >= 4 is 23.2 Å². The number of nitrogens with zero attached hydrogens (tertiary/aromatic N) is 3. The Hall–Kier alpha value is -2.21. The predicted octanol–water partition coefficient (Wildman–Crippen LogP) is 3.75. The number of fused-ring (bicyclic) bond motifs is 1. The Kier molecular flexibility index (Phi) is 3.74. The number of carbonyl (C=O) groups excluding carboxylic acids is 2. The molecule has 0 spiro atoms. The largest absolute Gasteiger partial charge is 0.322 e. The molecule has 2 aromatic rings. The smallest absolute Gasteiger partial charge is 0.261 e. The predicted molar refractivity (Wildman–Crippen MR) is 110 cm³/mol. The highest BCUT2D eigenvalue weighted by molar-refractivity contribution is 7.07. The maximum Gasteiger partial charge on any atom is 0.261 e. The minimum Gasteiger partial charge on any atom is -0.322 e. The maximum absolute atomic E-state index is 12.7. The SMILES string of the molecule is Cn1c(CN2C(=O)c3ccccc3C2=O)csc1=NC12CC3CC(CC(C3)C1)C2. The zero-order valence-electron chi connectivity index (χ0n) is 16.6. The van der Waals surface area contributed by atoms with Gasteiger partial charge in [-0.25, -0.2) is 0 Å². The highest BCUT2D eigenvalue weighted by Gasteiger charge is 2.51. The van der Waals surface area contributed by atoms with Crippen LogP contribution in [-0.4, -0.2) is 26.8 Å². The summed E-state index contributed by atoms with van der Waals surface area (Å²) in [6, 6.07) is 7.08. The van der Waals surface area contributed by atoms with Gasteiger partial charge < -0.3 is 4.57 Å². The van der Waals surface area contributed by atoms with Crippen LogP contribution in [0.25, 0.3) is 0 Å². The van der Waals surface area contributed by atoms with Gasteiger partial charge in [-0.1, -0.05) is 12.1 Å². The van der Waals surface area contributed by atoms with Crippen molar-refractivity contribution in [3.63, 3.8) is 0 Å². The molecule has 2 heterocycles. The summed E-state index contributed by atoms with van der Waals surface area (Å²) in [6.45, 7) is 0.301. The van der Waals surface area contributed by atoms with Crippen molar-refractivity contribution in [2.45, 2.75) is 50.6 Å². The van der Waals surface area contributed by atoms with Crippen LogP contribution in [0.15, 0.2) is 34.6 Å². The van der Waals surface area contributed by atoms with Gasteiger partial charge in [-0.05, 0) is 68.4 Å². The Morgan fingerprint density at radius 1 is 1.00 bits per heavy atom. The summed E-state index contributed by atoms with van der Waals surface area (Å²) in [7, 11) is 2.02. The molecule has 1 aromatic heterocycles. The molecule has 29 heavy (non-hydrogen) atoms. The fourth-order valence-electron chi connectivity index (χ4n) is 6.60. The first kappa shape index (κ1) is 17.6. The van der Waals surface area contributed by atoms with Crippen LogP contribution in [0.1, 0.15) is 64.9 Å². The first-order valence-corrected chi connectivity index (χ1v) is 11.5. The Bertz CT molecular complexity index is 1030. The number of hydrogen-bond donors (Lipinski definition) is 0. The molecule has 0 radical (unpaired) electrons. The number of imide groups is 1. The van der Waals surface area contributed by atoms with Crippen molar-refractivity contribution in [3.8, 4) is 0 Å². The summed E-state index contributed by atoms with van der Waals surface area (Å²) >= 11 is 1.64. The van der Waals surface area contributed by atoms with Crippen LogP contribution in [0.2, 0.25) is 0 Å². The summed E-state index contributed by atoms with van der Waals surface area (Å²) < 4.78 is 2.09. The average molecular weight is 408 g/mol. The van der Waals surface area contributed by atoms with Crippen molar-refractivity contribution in [3.05, 3.63) is 51.3 Å². The summed E-state index contributed by atoms with van der Waals surface area (Å²) in [5, 5.41) is 2.06. The summed E-state index contributed by atoms with van der Waals surface area (Å²) in [4.78, 5) is 33.1. The van der Waals surface area contributed by atoms with E-state index in [1.54, 1.807) is 35.6 Å². The molecule has 0 unspecified atom stereocenters. The quantitative estimate of drug-likeness (QED) is 0.728. The number of carbonyl (C=O) groups is 2. The van der Waals surface area contributed by atoms with E-state index in [1.807, 2.05) is 7.05 Å². The molecule has 2 amide bonds. The number of amides is 2.